The monoisotopic (exact) mass is 358 g/mol. The number of ether oxygens (including phenoxy) is 2. The molecule has 1 aliphatic heterocycles. The SMILES string of the molecule is COCCCOc1cc2c(cc1F)C(=O)CC(C(C)(C)C)S2(=O)=O. The second-order valence-corrected chi connectivity index (χ2v) is 9.10. The number of hydrogen-bond acceptors (Lipinski definition) is 5. The van der Waals surface area contributed by atoms with E-state index in [0.717, 1.165) is 12.1 Å². The van der Waals surface area contributed by atoms with Gasteiger partial charge in [-0.1, -0.05) is 20.8 Å². The molecule has 0 N–H and O–H groups in total. The van der Waals surface area contributed by atoms with Crippen molar-refractivity contribution in [3.05, 3.63) is 23.5 Å². The lowest BCUT2D eigenvalue weighted by Crippen LogP contribution is -2.40. The van der Waals surface area contributed by atoms with Crippen LogP contribution in [0.3, 0.4) is 0 Å². The predicted molar refractivity (Wildman–Crippen MR) is 87.8 cm³/mol. The highest BCUT2D eigenvalue weighted by molar-refractivity contribution is 7.92. The first-order valence-electron chi connectivity index (χ1n) is 7.81. The van der Waals surface area contributed by atoms with Gasteiger partial charge in [0.15, 0.2) is 27.2 Å². The Hall–Kier alpha value is -1.47. The molecule has 7 heteroatoms. The van der Waals surface area contributed by atoms with Crippen LogP contribution in [0.15, 0.2) is 17.0 Å². The molecule has 0 amide bonds. The number of ketones is 1. The smallest absolute Gasteiger partial charge is 0.183 e. The molecule has 0 bridgehead atoms. The number of hydrogen-bond donors (Lipinski definition) is 0. The fraction of sp³-hybridized carbons (Fsp3) is 0.588. The van der Waals surface area contributed by atoms with Crippen LogP contribution in [-0.4, -0.2) is 39.8 Å². The Morgan fingerprint density at radius 2 is 1.92 bits per heavy atom. The van der Waals surface area contributed by atoms with Crippen molar-refractivity contribution in [1.29, 1.82) is 0 Å². The minimum atomic E-state index is -3.74. The molecule has 1 aromatic carbocycles. The van der Waals surface area contributed by atoms with Crippen LogP contribution < -0.4 is 4.74 Å². The van der Waals surface area contributed by atoms with Gasteiger partial charge < -0.3 is 9.47 Å². The maximum absolute atomic E-state index is 14.1. The molecule has 2 rings (SSSR count). The van der Waals surface area contributed by atoms with E-state index >= 15 is 0 Å². The lowest BCUT2D eigenvalue weighted by atomic mass is 9.87. The van der Waals surface area contributed by atoms with Crippen molar-refractivity contribution >= 4 is 15.6 Å². The maximum Gasteiger partial charge on any atom is 0.183 e. The van der Waals surface area contributed by atoms with Gasteiger partial charge in [0.05, 0.1) is 16.8 Å². The van der Waals surface area contributed by atoms with Gasteiger partial charge in [0.2, 0.25) is 0 Å². The van der Waals surface area contributed by atoms with Gasteiger partial charge in [0.1, 0.15) is 0 Å². The Kier molecular flexibility index (Phi) is 5.34. The maximum atomic E-state index is 14.1. The molecule has 24 heavy (non-hydrogen) atoms. The van der Waals surface area contributed by atoms with Crippen molar-refractivity contribution in [3.8, 4) is 5.75 Å². The lowest BCUT2D eigenvalue weighted by molar-refractivity contribution is 0.0958. The number of Topliss-reactive ketones (excluding diaryl/α,β-unsaturated/α-hetero) is 1. The number of sulfone groups is 1. The molecular weight excluding hydrogens is 335 g/mol. The van der Waals surface area contributed by atoms with E-state index in [1.54, 1.807) is 27.9 Å². The first-order chi connectivity index (χ1) is 11.1. The third-order valence-corrected chi connectivity index (χ3v) is 6.68. The van der Waals surface area contributed by atoms with Crippen LogP contribution >= 0.6 is 0 Å². The molecule has 1 aromatic rings. The molecule has 1 atom stereocenters. The first-order valence-corrected chi connectivity index (χ1v) is 9.36. The Morgan fingerprint density at radius 3 is 2.50 bits per heavy atom. The topological polar surface area (TPSA) is 69.7 Å². The minimum absolute atomic E-state index is 0.0859. The molecule has 1 heterocycles. The number of carbonyl (C=O) groups excluding carboxylic acids is 1. The second kappa shape index (κ2) is 6.80. The molecule has 0 aliphatic carbocycles. The van der Waals surface area contributed by atoms with Crippen molar-refractivity contribution in [1.82, 2.24) is 0 Å². The first kappa shape index (κ1) is 18.9. The fourth-order valence-electron chi connectivity index (χ4n) is 2.80. The van der Waals surface area contributed by atoms with Crippen LogP contribution in [0.2, 0.25) is 0 Å². The average Bonchev–Trinajstić information content (AvgIpc) is 2.47. The summed E-state index contributed by atoms with van der Waals surface area (Å²) in [6.07, 6.45) is 0.412. The zero-order valence-corrected chi connectivity index (χ0v) is 15.2. The molecule has 0 fully saturated rings. The number of benzene rings is 1. The van der Waals surface area contributed by atoms with E-state index in [2.05, 4.69) is 0 Å². The van der Waals surface area contributed by atoms with E-state index in [1.165, 1.54) is 0 Å². The molecule has 5 nitrogen and oxygen atoms in total. The summed E-state index contributed by atoms with van der Waals surface area (Å²) in [6, 6.07) is 2.11. The van der Waals surface area contributed by atoms with Crippen molar-refractivity contribution in [2.75, 3.05) is 20.3 Å². The Labute approximate surface area is 142 Å². The van der Waals surface area contributed by atoms with Gasteiger partial charge in [-0.15, -0.1) is 0 Å². The van der Waals surface area contributed by atoms with Gasteiger partial charge in [0, 0.05) is 38.2 Å². The van der Waals surface area contributed by atoms with Gasteiger partial charge in [0.25, 0.3) is 0 Å². The van der Waals surface area contributed by atoms with E-state index in [1.807, 2.05) is 0 Å². The van der Waals surface area contributed by atoms with Gasteiger partial charge in [-0.05, 0) is 11.5 Å². The highest BCUT2D eigenvalue weighted by Crippen LogP contribution is 2.40. The molecule has 0 radical (unpaired) electrons. The van der Waals surface area contributed by atoms with Crippen LogP contribution in [-0.2, 0) is 14.6 Å². The van der Waals surface area contributed by atoms with Crippen LogP contribution in [0.1, 0.15) is 44.0 Å². The zero-order chi connectivity index (χ0) is 18.1. The van der Waals surface area contributed by atoms with Gasteiger partial charge in [-0.3, -0.25) is 4.79 Å². The van der Waals surface area contributed by atoms with Crippen molar-refractivity contribution < 1.29 is 27.1 Å². The van der Waals surface area contributed by atoms with E-state index in [9.17, 15) is 17.6 Å². The summed E-state index contributed by atoms with van der Waals surface area (Å²) in [5.41, 5.74) is -0.683. The van der Waals surface area contributed by atoms with Crippen LogP contribution in [0.25, 0.3) is 0 Å². The van der Waals surface area contributed by atoms with E-state index < -0.39 is 26.3 Å². The average molecular weight is 358 g/mol. The fourth-order valence-corrected chi connectivity index (χ4v) is 5.16. The quantitative estimate of drug-likeness (QED) is 0.598. The summed E-state index contributed by atoms with van der Waals surface area (Å²) in [7, 11) is -2.19. The van der Waals surface area contributed by atoms with Crippen LogP contribution in [0, 0.1) is 11.2 Å². The largest absolute Gasteiger partial charge is 0.490 e. The Bertz CT molecular complexity index is 734. The molecule has 1 aliphatic rings. The zero-order valence-electron chi connectivity index (χ0n) is 14.4. The predicted octanol–water partition coefficient (Wildman–Crippen LogP) is 3.02. The summed E-state index contributed by atoms with van der Waals surface area (Å²) in [4.78, 5) is 12.2. The molecule has 0 saturated heterocycles. The highest BCUT2D eigenvalue weighted by Gasteiger charge is 2.45. The molecule has 0 spiro atoms. The summed E-state index contributed by atoms with van der Waals surface area (Å²) in [5, 5.41) is -0.836. The molecular formula is C17H23FO5S. The molecule has 0 aromatic heterocycles. The summed E-state index contributed by atoms with van der Waals surface area (Å²) >= 11 is 0. The normalized spacial score (nSPS) is 19.9. The number of halogens is 1. The summed E-state index contributed by atoms with van der Waals surface area (Å²) in [6.45, 7) is 5.98. The van der Waals surface area contributed by atoms with Crippen LogP contribution in [0.4, 0.5) is 4.39 Å². The molecule has 1 unspecified atom stereocenters. The second-order valence-electron chi connectivity index (χ2n) is 7.00. The Morgan fingerprint density at radius 1 is 1.25 bits per heavy atom. The number of methoxy groups -OCH3 is 1. The van der Waals surface area contributed by atoms with E-state index in [0.29, 0.717) is 13.0 Å². The van der Waals surface area contributed by atoms with Gasteiger partial charge in [-0.2, -0.15) is 0 Å². The third-order valence-electron chi connectivity index (χ3n) is 4.10. The van der Waals surface area contributed by atoms with Crippen molar-refractivity contribution in [3.63, 3.8) is 0 Å². The lowest BCUT2D eigenvalue weighted by Gasteiger charge is -2.33. The van der Waals surface area contributed by atoms with Crippen molar-refractivity contribution in [2.24, 2.45) is 5.41 Å². The summed E-state index contributed by atoms with van der Waals surface area (Å²) < 4.78 is 50.1. The highest BCUT2D eigenvalue weighted by atomic mass is 32.2. The number of rotatable bonds is 5. The standard InChI is InChI=1S/C17H23FO5S/c1-17(2,3)16-9-13(19)11-8-12(18)14(23-7-5-6-22-4)10-15(11)24(16,20)21/h8,10,16H,5-7,9H2,1-4H3. The Balaban J connectivity index is 2.43. The van der Waals surface area contributed by atoms with Gasteiger partial charge in [-0.25, -0.2) is 12.8 Å². The van der Waals surface area contributed by atoms with Crippen LogP contribution in [0.5, 0.6) is 5.75 Å². The minimum Gasteiger partial charge on any atom is -0.490 e. The third kappa shape index (κ3) is 3.62. The molecule has 134 valence electrons. The number of fused-ring (bicyclic) bond motifs is 1. The van der Waals surface area contributed by atoms with Gasteiger partial charge >= 0.3 is 0 Å². The molecule has 0 saturated carbocycles. The van der Waals surface area contributed by atoms with Crippen molar-refractivity contribution in [2.45, 2.75) is 43.8 Å². The summed E-state index contributed by atoms with van der Waals surface area (Å²) in [5.74, 6) is -1.25. The number of carbonyl (C=O) groups is 1. The van der Waals surface area contributed by atoms with E-state index in [-0.39, 0.29) is 35.0 Å². The van der Waals surface area contributed by atoms with E-state index in [4.69, 9.17) is 9.47 Å².